The molecule has 4 aromatic rings. The lowest BCUT2D eigenvalue weighted by atomic mass is 10.1. The SMILES string of the molecule is NS(=O)(=O)c1ccc(CNc2nc(NC3(C(F)(F)F)CC3)c3nc(-c4cccc(N5CCCS5(=O)=O)c4)ccc3n2)cc1. The molecule has 6 rings (SSSR count). The van der Waals surface area contributed by atoms with Crippen molar-refractivity contribution in [2.45, 2.75) is 42.4 Å². The Morgan fingerprint density at radius 3 is 2.37 bits per heavy atom. The molecule has 0 radical (unpaired) electrons. The van der Waals surface area contributed by atoms with E-state index in [4.69, 9.17) is 5.14 Å². The lowest BCUT2D eigenvalue weighted by Crippen LogP contribution is -2.39. The number of nitrogens with one attached hydrogen (secondary N) is 2. The average molecular weight is 634 g/mol. The van der Waals surface area contributed by atoms with E-state index in [1.807, 2.05) is 0 Å². The minimum atomic E-state index is -4.52. The molecule has 3 heterocycles. The Hall–Kier alpha value is -4.02. The van der Waals surface area contributed by atoms with Gasteiger partial charge in [0.2, 0.25) is 26.0 Å². The minimum absolute atomic E-state index is 0.0410. The van der Waals surface area contributed by atoms with Crippen molar-refractivity contribution in [1.29, 1.82) is 0 Å². The lowest BCUT2D eigenvalue weighted by molar-refractivity contribution is -0.151. The van der Waals surface area contributed by atoms with E-state index in [-0.39, 0.29) is 52.8 Å². The van der Waals surface area contributed by atoms with Gasteiger partial charge in [0, 0.05) is 18.7 Å². The summed E-state index contributed by atoms with van der Waals surface area (Å²) in [5.74, 6) is 0.00194. The monoisotopic (exact) mass is 633 g/mol. The molecule has 0 atom stereocenters. The third-order valence-electron chi connectivity index (χ3n) is 7.42. The Morgan fingerprint density at radius 2 is 1.74 bits per heavy atom. The summed E-state index contributed by atoms with van der Waals surface area (Å²) >= 11 is 0. The van der Waals surface area contributed by atoms with Crippen LogP contribution in [0, 0.1) is 0 Å². The fourth-order valence-corrected chi connectivity index (χ4v) is 6.97. The number of hydrogen-bond donors (Lipinski definition) is 3. The summed E-state index contributed by atoms with van der Waals surface area (Å²) in [6, 6.07) is 15.9. The van der Waals surface area contributed by atoms with E-state index >= 15 is 0 Å². The molecule has 1 saturated carbocycles. The Labute approximate surface area is 245 Å². The summed E-state index contributed by atoms with van der Waals surface area (Å²) in [6.07, 6.45) is -4.23. The molecule has 1 aliphatic carbocycles. The van der Waals surface area contributed by atoms with Gasteiger partial charge in [-0.05, 0) is 61.2 Å². The zero-order valence-electron chi connectivity index (χ0n) is 22.5. The van der Waals surface area contributed by atoms with Crippen molar-refractivity contribution >= 4 is 48.5 Å². The first-order valence-corrected chi connectivity index (χ1v) is 16.4. The normalized spacial score (nSPS) is 17.6. The molecule has 0 bridgehead atoms. The average Bonchev–Trinajstić information content (AvgIpc) is 3.66. The van der Waals surface area contributed by atoms with Crippen molar-refractivity contribution in [3.63, 3.8) is 0 Å². The van der Waals surface area contributed by atoms with Crippen molar-refractivity contribution < 1.29 is 30.0 Å². The van der Waals surface area contributed by atoms with Crippen LogP contribution in [0.5, 0.6) is 0 Å². The van der Waals surface area contributed by atoms with Crippen LogP contribution in [0.25, 0.3) is 22.3 Å². The van der Waals surface area contributed by atoms with Gasteiger partial charge in [-0.1, -0.05) is 24.3 Å². The molecular formula is C27H26F3N7O4S2. The van der Waals surface area contributed by atoms with Crippen LogP contribution in [0.1, 0.15) is 24.8 Å². The Bertz CT molecular complexity index is 1930. The Kier molecular flexibility index (Phi) is 6.97. The van der Waals surface area contributed by atoms with E-state index < -0.39 is 31.8 Å². The molecule has 2 aliphatic rings. The molecule has 1 saturated heterocycles. The van der Waals surface area contributed by atoms with Crippen LogP contribution in [0.3, 0.4) is 0 Å². The molecule has 43 heavy (non-hydrogen) atoms. The molecule has 2 aromatic heterocycles. The first-order valence-electron chi connectivity index (χ1n) is 13.2. The number of benzene rings is 2. The third-order valence-corrected chi connectivity index (χ3v) is 10.2. The molecule has 226 valence electrons. The fourth-order valence-electron chi connectivity index (χ4n) is 4.90. The maximum absolute atomic E-state index is 13.9. The van der Waals surface area contributed by atoms with Crippen LogP contribution in [0.15, 0.2) is 65.6 Å². The van der Waals surface area contributed by atoms with Gasteiger partial charge in [0.1, 0.15) is 11.1 Å². The summed E-state index contributed by atoms with van der Waals surface area (Å²) < 4.78 is 91.0. The van der Waals surface area contributed by atoms with E-state index in [2.05, 4.69) is 25.6 Å². The number of aromatic nitrogens is 3. The molecular weight excluding hydrogens is 607 g/mol. The highest BCUT2D eigenvalue weighted by atomic mass is 32.2. The number of rotatable bonds is 8. The molecule has 2 fully saturated rings. The number of nitrogens with two attached hydrogens (primary N) is 1. The van der Waals surface area contributed by atoms with Gasteiger partial charge in [0.15, 0.2) is 5.82 Å². The number of anilines is 3. The van der Waals surface area contributed by atoms with Crippen molar-refractivity contribution in [2.75, 3.05) is 27.2 Å². The molecule has 0 amide bonds. The second-order valence-electron chi connectivity index (χ2n) is 10.5. The van der Waals surface area contributed by atoms with Crippen LogP contribution in [-0.4, -0.2) is 55.8 Å². The predicted molar refractivity (Wildman–Crippen MR) is 155 cm³/mol. The quantitative estimate of drug-likeness (QED) is 0.261. The molecule has 2 aromatic carbocycles. The van der Waals surface area contributed by atoms with Crippen molar-refractivity contribution in [2.24, 2.45) is 5.14 Å². The van der Waals surface area contributed by atoms with Gasteiger partial charge in [0.05, 0.1) is 27.5 Å². The number of sulfonamides is 2. The Morgan fingerprint density at radius 1 is 1.00 bits per heavy atom. The summed E-state index contributed by atoms with van der Waals surface area (Å²) in [5.41, 5.74) is 0.404. The van der Waals surface area contributed by atoms with E-state index in [0.717, 1.165) is 0 Å². The molecule has 11 nitrogen and oxygen atoms in total. The molecule has 0 spiro atoms. The first-order chi connectivity index (χ1) is 20.2. The van der Waals surface area contributed by atoms with Crippen LogP contribution in [0.4, 0.5) is 30.6 Å². The number of hydrogen-bond acceptors (Lipinski definition) is 9. The van der Waals surface area contributed by atoms with E-state index in [1.54, 1.807) is 48.5 Å². The summed E-state index contributed by atoms with van der Waals surface area (Å²) in [5, 5.41) is 10.7. The highest BCUT2D eigenvalue weighted by Crippen LogP contribution is 2.51. The van der Waals surface area contributed by atoms with Gasteiger partial charge in [-0.15, -0.1) is 0 Å². The van der Waals surface area contributed by atoms with Gasteiger partial charge in [-0.3, -0.25) is 4.31 Å². The second kappa shape index (κ2) is 10.3. The van der Waals surface area contributed by atoms with Gasteiger partial charge < -0.3 is 10.6 Å². The van der Waals surface area contributed by atoms with Crippen LogP contribution < -0.4 is 20.1 Å². The zero-order valence-corrected chi connectivity index (χ0v) is 24.1. The maximum atomic E-state index is 13.9. The van der Waals surface area contributed by atoms with E-state index in [1.165, 1.54) is 16.4 Å². The zero-order chi connectivity index (χ0) is 30.6. The topological polar surface area (TPSA) is 160 Å². The maximum Gasteiger partial charge on any atom is 0.411 e. The lowest BCUT2D eigenvalue weighted by Gasteiger charge is -2.22. The van der Waals surface area contributed by atoms with E-state index in [0.29, 0.717) is 35.5 Å². The van der Waals surface area contributed by atoms with Crippen LogP contribution in [0.2, 0.25) is 0 Å². The van der Waals surface area contributed by atoms with Gasteiger partial charge in [-0.2, -0.15) is 18.2 Å². The molecule has 0 unspecified atom stereocenters. The number of halogens is 3. The smallest absolute Gasteiger partial charge is 0.354 e. The van der Waals surface area contributed by atoms with Gasteiger partial charge in [-0.25, -0.2) is 31.9 Å². The molecule has 16 heteroatoms. The number of primary sulfonamides is 1. The number of nitrogens with zero attached hydrogens (tertiary/aromatic N) is 4. The fraction of sp³-hybridized carbons (Fsp3) is 0.296. The predicted octanol–water partition coefficient (Wildman–Crippen LogP) is 4.00. The van der Waals surface area contributed by atoms with Crippen molar-refractivity contribution in [3.8, 4) is 11.3 Å². The third kappa shape index (κ3) is 5.81. The van der Waals surface area contributed by atoms with Crippen LogP contribution in [-0.2, 0) is 26.6 Å². The van der Waals surface area contributed by atoms with Crippen molar-refractivity contribution in [3.05, 3.63) is 66.2 Å². The van der Waals surface area contributed by atoms with E-state index in [9.17, 15) is 30.0 Å². The van der Waals surface area contributed by atoms with Crippen molar-refractivity contribution in [1.82, 2.24) is 15.0 Å². The number of pyridine rings is 1. The summed E-state index contributed by atoms with van der Waals surface area (Å²) in [6.45, 7) is 0.516. The Balaban J connectivity index is 1.35. The summed E-state index contributed by atoms with van der Waals surface area (Å²) in [7, 11) is -7.27. The van der Waals surface area contributed by atoms with Gasteiger partial charge >= 0.3 is 6.18 Å². The van der Waals surface area contributed by atoms with Crippen LogP contribution >= 0.6 is 0 Å². The van der Waals surface area contributed by atoms with Gasteiger partial charge in [0.25, 0.3) is 0 Å². The standard InChI is InChI=1S/C27H26F3N7O4S2/c28-27(29,30)26(11-12-26)36-24-23-22(34-25(35-24)32-16-17-5-7-20(8-6-17)43(31,40)41)10-9-21(33-23)18-3-1-4-19(15-18)37-13-2-14-42(37,38)39/h1,3-10,15H,2,11-14,16H2,(H2,31,40,41)(H2,32,34,35,36). The highest BCUT2D eigenvalue weighted by Gasteiger charge is 2.64. The number of fused-ring (bicyclic) bond motifs is 1. The second-order valence-corrected chi connectivity index (χ2v) is 14.1. The molecule has 4 N–H and O–H groups in total. The largest absolute Gasteiger partial charge is 0.411 e. The minimum Gasteiger partial charge on any atom is -0.354 e. The molecule has 1 aliphatic heterocycles. The number of alkyl halides is 3. The first kappa shape index (κ1) is 29.1. The highest BCUT2D eigenvalue weighted by molar-refractivity contribution is 7.93. The summed E-state index contributed by atoms with van der Waals surface area (Å²) in [4.78, 5) is 13.4.